The first-order chi connectivity index (χ1) is 11.0. The normalized spacial score (nSPS) is 15.5. The highest BCUT2D eigenvalue weighted by molar-refractivity contribution is 6.31. The number of carbonyl (C=O) groups excluding carboxylic acids is 1. The fraction of sp³-hybridized carbons (Fsp3) is 0.235. The number of nitrogens with zero attached hydrogens (tertiary/aromatic N) is 1. The number of benzene rings is 2. The predicted octanol–water partition coefficient (Wildman–Crippen LogP) is 4.06. The molecule has 5 nitrogen and oxygen atoms in total. The summed E-state index contributed by atoms with van der Waals surface area (Å²) in [7, 11) is 0. The van der Waals surface area contributed by atoms with Gasteiger partial charge in [-0.15, -0.1) is 0 Å². The van der Waals surface area contributed by atoms with Crippen molar-refractivity contribution in [3.63, 3.8) is 0 Å². The summed E-state index contributed by atoms with van der Waals surface area (Å²) in [5, 5.41) is 14.4. The van der Waals surface area contributed by atoms with E-state index in [2.05, 4.69) is 5.32 Å². The Balaban J connectivity index is 1.91. The second kappa shape index (κ2) is 6.01. The van der Waals surface area contributed by atoms with Crippen LogP contribution in [0, 0.1) is 10.1 Å². The maximum atomic E-state index is 12.6. The van der Waals surface area contributed by atoms with Crippen molar-refractivity contribution in [2.45, 2.75) is 24.8 Å². The van der Waals surface area contributed by atoms with E-state index >= 15 is 0 Å². The van der Waals surface area contributed by atoms with Crippen molar-refractivity contribution >= 4 is 23.2 Å². The van der Waals surface area contributed by atoms with Crippen LogP contribution in [0.5, 0.6) is 0 Å². The molecule has 1 N–H and O–H groups in total. The average molecular weight is 331 g/mol. The van der Waals surface area contributed by atoms with Gasteiger partial charge < -0.3 is 5.32 Å². The van der Waals surface area contributed by atoms with Crippen LogP contribution in [-0.4, -0.2) is 10.8 Å². The molecule has 0 heterocycles. The van der Waals surface area contributed by atoms with Gasteiger partial charge in [-0.3, -0.25) is 14.9 Å². The van der Waals surface area contributed by atoms with Crippen LogP contribution in [0.4, 0.5) is 5.69 Å². The number of nitrogens with one attached hydrogen (secondary N) is 1. The van der Waals surface area contributed by atoms with Crippen LogP contribution in [0.15, 0.2) is 48.5 Å². The summed E-state index contributed by atoms with van der Waals surface area (Å²) in [5.74, 6) is -0.447. The molecule has 118 valence electrons. The topological polar surface area (TPSA) is 72.2 Å². The Labute approximate surface area is 138 Å². The molecule has 0 saturated heterocycles. The molecule has 0 radical (unpaired) electrons. The zero-order chi connectivity index (χ0) is 16.4. The number of nitro groups is 1. The van der Waals surface area contributed by atoms with Gasteiger partial charge in [-0.2, -0.15) is 0 Å². The van der Waals surface area contributed by atoms with Crippen LogP contribution in [0.2, 0.25) is 5.02 Å². The number of nitro benzene ring substituents is 1. The molecule has 1 saturated carbocycles. The molecule has 0 aromatic heterocycles. The van der Waals surface area contributed by atoms with Crippen molar-refractivity contribution in [3.8, 4) is 0 Å². The van der Waals surface area contributed by atoms with Gasteiger partial charge in [0.15, 0.2) is 0 Å². The second-order valence-electron chi connectivity index (χ2n) is 5.67. The number of carbonyl (C=O) groups is 1. The van der Waals surface area contributed by atoms with E-state index in [-0.39, 0.29) is 16.3 Å². The maximum Gasteiger partial charge on any atom is 0.283 e. The molecule has 2 aromatic rings. The van der Waals surface area contributed by atoms with Crippen LogP contribution in [0.3, 0.4) is 0 Å². The van der Waals surface area contributed by atoms with Gasteiger partial charge in [-0.05, 0) is 37.0 Å². The highest BCUT2D eigenvalue weighted by atomic mass is 35.5. The lowest BCUT2D eigenvalue weighted by molar-refractivity contribution is -0.385. The molecule has 0 spiro atoms. The molecule has 2 aromatic carbocycles. The standard InChI is InChI=1S/C17H15ClN2O3/c18-13-7-8-14(15(11-13)20(22)23)16(21)19-17(9-4-10-17)12-5-2-1-3-6-12/h1-3,5-8,11H,4,9-10H2,(H,19,21). The second-order valence-corrected chi connectivity index (χ2v) is 6.11. The third-order valence-corrected chi connectivity index (χ3v) is 4.52. The predicted molar refractivity (Wildman–Crippen MR) is 87.5 cm³/mol. The van der Waals surface area contributed by atoms with Crippen LogP contribution in [0.25, 0.3) is 0 Å². The Kier molecular flexibility index (Phi) is 4.05. The molecular formula is C17H15ClN2O3. The van der Waals surface area contributed by atoms with Crippen molar-refractivity contribution in [2.75, 3.05) is 0 Å². The van der Waals surface area contributed by atoms with Crippen molar-refractivity contribution < 1.29 is 9.72 Å². The van der Waals surface area contributed by atoms with E-state index in [0.29, 0.717) is 0 Å². The summed E-state index contributed by atoms with van der Waals surface area (Å²) in [6.07, 6.45) is 2.66. The molecule has 1 fully saturated rings. The molecule has 23 heavy (non-hydrogen) atoms. The van der Waals surface area contributed by atoms with Gasteiger partial charge in [0.05, 0.1) is 10.5 Å². The van der Waals surface area contributed by atoms with E-state index in [0.717, 1.165) is 24.8 Å². The Morgan fingerprint density at radius 1 is 1.17 bits per heavy atom. The summed E-state index contributed by atoms with van der Waals surface area (Å²) in [6.45, 7) is 0. The molecule has 3 rings (SSSR count). The van der Waals surface area contributed by atoms with E-state index in [1.54, 1.807) is 0 Å². The van der Waals surface area contributed by atoms with E-state index in [9.17, 15) is 14.9 Å². The number of rotatable bonds is 4. The lowest BCUT2D eigenvalue weighted by atomic mass is 9.71. The molecule has 0 bridgehead atoms. The minimum absolute atomic E-state index is 0.0293. The van der Waals surface area contributed by atoms with Crippen LogP contribution >= 0.6 is 11.6 Å². The van der Waals surface area contributed by atoms with E-state index < -0.39 is 16.4 Å². The number of amides is 1. The van der Waals surface area contributed by atoms with Crippen molar-refractivity contribution in [3.05, 3.63) is 74.8 Å². The zero-order valence-corrected chi connectivity index (χ0v) is 13.0. The van der Waals surface area contributed by atoms with E-state index in [1.165, 1.54) is 18.2 Å². The van der Waals surface area contributed by atoms with Crippen molar-refractivity contribution in [1.29, 1.82) is 0 Å². The first-order valence-corrected chi connectivity index (χ1v) is 7.72. The fourth-order valence-corrected chi connectivity index (χ4v) is 3.07. The molecule has 0 atom stereocenters. The van der Waals surface area contributed by atoms with Gasteiger partial charge in [0, 0.05) is 11.1 Å². The van der Waals surface area contributed by atoms with Crippen molar-refractivity contribution in [2.24, 2.45) is 0 Å². The largest absolute Gasteiger partial charge is 0.342 e. The fourth-order valence-electron chi connectivity index (χ4n) is 2.91. The third-order valence-electron chi connectivity index (χ3n) is 4.29. The molecular weight excluding hydrogens is 316 g/mol. The SMILES string of the molecule is O=C(NC1(c2ccccc2)CCC1)c1ccc(Cl)cc1[N+](=O)[O-]. The number of halogens is 1. The Hall–Kier alpha value is -2.40. The van der Waals surface area contributed by atoms with Crippen molar-refractivity contribution in [1.82, 2.24) is 5.32 Å². The quantitative estimate of drug-likeness (QED) is 0.678. The number of hydrogen-bond acceptors (Lipinski definition) is 3. The highest BCUT2D eigenvalue weighted by Gasteiger charge is 2.40. The van der Waals surface area contributed by atoms with Crippen LogP contribution in [-0.2, 0) is 5.54 Å². The number of hydrogen-bond donors (Lipinski definition) is 1. The van der Waals surface area contributed by atoms with Gasteiger partial charge in [0.2, 0.25) is 0 Å². The summed E-state index contributed by atoms with van der Waals surface area (Å²) >= 11 is 5.80. The lowest BCUT2D eigenvalue weighted by Gasteiger charge is -2.43. The molecule has 1 aliphatic rings. The van der Waals surface area contributed by atoms with Gasteiger partial charge >= 0.3 is 0 Å². The molecule has 1 aliphatic carbocycles. The van der Waals surface area contributed by atoms with Crippen LogP contribution in [0.1, 0.15) is 35.2 Å². The summed E-state index contributed by atoms with van der Waals surface area (Å²) in [6, 6.07) is 13.8. The first-order valence-electron chi connectivity index (χ1n) is 7.34. The van der Waals surface area contributed by atoms with Gasteiger partial charge in [-0.25, -0.2) is 0 Å². The third kappa shape index (κ3) is 2.92. The van der Waals surface area contributed by atoms with Gasteiger partial charge in [0.1, 0.15) is 5.56 Å². The minimum Gasteiger partial charge on any atom is -0.342 e. The van der Waals surface area contributed by atoms with E-state index in [1.807, 2.05) is 30.3 Å². The Morgan fingerprint density at radius 2 is 1.87 bits per heavy atom. The highest BCUT2D eigenvalue weighted by Crippen LogP contribution is 2.41. The molecule has 0 aliphatic heterocycles. The van der Waals surface area contributed by atoms with Crippen LogP contribution < -0.4 is 5.32 Å². The molecule has 0 unspecified atom stereocenters. The Bertz CT molecular complexity index is 758. The van der Waals surface area contributed by atoms with Gasteiger partial charge in [-0.1, -0.05) is 41.9 Å². The monoisotopic (exact) mass is 330 g/mol. The zero-order valence-electron chi connectivity index (χ0n) is 12.3. The Morgan fingerprint density at radius 3 is 2.43 bits per heavy atom. The smallest absolute Gasteiger partial charge is 0.283 e. The molecule has 6 heteroatoms. The maximum absolute atomic E-state index is 12.6. The molecule has 1 amide bonds. The lowest BCUT2D eigenvalue weighted by Crippen LogP contribution is -2.50. The van der Waals surface area contributed by atoms with E-state index in [4.69, 9.17) is 11.6 Å². The summed E-state index contributed by atoms with van der Waals surface area (Å²) in [4.78, 5) is 23.2. The van der Waals surface area contributed by atoms with Gasteiger partial charge in [0.25, 0.3) is 11.6 Å². The average Bonchev–Trinajstić information content (AvgIpc) is 2.51. The summed E-state index contributed by atoms with van der Waals surface area (Å²) < 4.78 is 0. The summed E-state index contributed by atoms with van der Waals surface area (Å²) in [5.41, 5.74) is 0.335. The minimum atomic E-state index is -0.587. The first kappa shape index (κ1) is 15.5.